The fourth-order valence-corrected chi connectivity index (χ4v) is 1.44. The van der Waals surface area contributed by atoms with Gasteiger partial charge in [0.1, 0.15) is 0 Å². The molecular weight excluding hydrogens is 214 g/mol. The van der Waals surface area contributed by atoms with Gasteiger partial charge in [-0.3, -0.25) is 9.78 Å². The van der Waals surface area contributed by atoms with Crippen LogP contribution < -0.4 is 10.6 Å². The summed E-state index contributed by atoms with van der Waals surface area (Å²) in [5, 5.41) is 6.05. The third kappa shape index (κ3) is 4.95. The summed E-state index contributed by atoms with van der Waals surface area (Å²) in [5.41, 5.74) is 2.32. The van der Waals surface area contributed by atoms with Crippen LogP contribution >= 0.6 is 0 Å². The van der Waals surface area contributed by atoms with Crippen molar-refractivity contribution in [2.24, 2.45) is 0 Å². The molecule has 1 aromatic rings. The predicted octanol–water partition coefficient (Wildman–Crippen LogP) is 1.39. The molecule has 0 aliphatic carbocycles. The molecule has 4 nitrogen and oxygen atoms in total. The molecule has 0 aliphatic heterocycles. The smallest absolute Gasteiger partial charge is 0.234 e. The Morgan fingerprint density at radius 1 is 1.53 bits per heavy atom. The van der Waals surface area contributed by atoms with Gasteiger partial charge in [0.25, 0.3) is 0 Å². The van der Waals surface area contributed by atoms with Crippen molar-refractivity contribution in [3.63, 3.8) is 0 Å². The minimum atomic E-state index is 0.0473. The number of nitrogens with zero attached hydrogens (tertiary/aromatic N) is 1. The zero-order chi connectivity index (χ0) is 12.7. The molecule has 0 fully saturated rings. The van der Waals surface area contributed by atoms with E-state index in [9.17, 15) is 4.79 Å². The van der Waals surface area contributed by atoms with Crippen molar-refractivity contribution in [2.75, 3.05) is 6.54 Å². The Morgan fingerprint density at radius 3 is 2.94 bits per heavy atom. The normalized spacial score (nSPS) is 12.2. The number of rotatable bonds is 6. The first kappa shape index (κ1) is 13.6. The average molecular weight is 235 g/mol. The topological polar surface area (TPSA) is 54.0 Å². The number of hydrogen-bond acceptors (Lipinski definition) is 3. The molecule has 0 aromatic carbocycles. The number of carbonyl (C=O) groups excluding carboxylic acids is 1. The van der Waals surface area contributed by atoms with E-state index < -0.39 is 0 Å². The van der Waals surface area contributed by atoms with Crippen LogP contribution in [0.15, 0.2) is 18.5 Å². The second-order valence-electron chi connectivity index (χ2n) is 4.28. The molecule has 94 valence electrons. The van der Waals surface area contributed by atoms with Crippen LogP contribution in [0.3, 0.4) is 0 Å². The van der Waals surface area contributed by atoms with Gasteiger partial charge in [-0.2, -0.15) is 0 Å². The Kier molecular flexibility index (Phi) is 5.63. The highest BCUT2D eigenvalue weighted by atomic mass is 16.1. The summed E-state index contributed by atoms with van der Waals surface area (Å²) in [7, 11) is 0. The molecule has 1 atom stereocenters. The van der Waals surface area contributed by atoms with Crippen molar-refractivity contribution >= 4 is 5.91 Å². The van der Waals surface area contributed by atoms with Crippen LogP contribution in [0.25, 0.3) is 0 Å². The van der Waals surface area contributed by atoms with Crippen molar-refractivity contribution in [2.45, 2.75) is 39.8 Å². The van der Waals surface area contributed by atoms with E-state index in [1.54, 1.807) is 6.20 Å². The molecule has 17 heavy (non-hydrogen) atoms. The second-order valence-corrected chi connectivity index (χ2v) is 4.28. The van der Waals surface area contributed by atoms with Crippen molar-refractivity contribution in [1.29, 1.82) is 0 Å². The maximum atomic E-state index is 11.5. The summed E-state index contributed by atoms with van der Waals surface area (Å²) in [6, 6.07) is 2.21. The van der Waals surface area contributed by atoms with E-state index in [0.717, 1.165) is 12.0 Å². The van der Waals surface area contributed by atoms with Crippen LogP contribution in [0.2, 0.25) is 0 Å². The number of pyridine rings is 1. The minimum Gasteiger partial charge on any atom is -0.353 e. The Bertz CT molecular complexity index is 365. The van der Waals surface area contributed by atoms with Gasteiger partial charge in [-0.05, 0) is 37.5 Å². The highest BCUT2D eigenvalue weighted by molar-refractivity contribution is 5.78. The summed E-state index contributed by atoms with van der Waals surface area (Å²) in [5.74, 6) is 0.0473. The van der Waals surface area contributed by atoms with Gasteiger partial charge in [0, 0.05) is 25.0 Å². The molecule has 1 unspecified atom stereocenters. The first-order chi connectivity index (χ1) is 8.13. The molecule has 0 radical (unpaired) electrons. The largest absolute Gasteiger partial charge is 0.353 e. The van der Waals surface area contributed by atoms with Gasteiger partial charge in [-0.25, -0.2) is 0 Å². The highest BCUT2D eigenvalue weighted by Crippen LogP contribution is 2.03. The van der Waals surface area contributed by atoms with Gasteiger partial charge in [0.05, 0.1) is 6.54 Å². The molecular formula is C13H21N3O. The summed E-state index contributed by atoms with van der Waals surface area (Å²) >= 11 is 0. The number of carbonyl (C=O) groups is 1. The average Bonchev–Trinajstić information content (AvgIpc) is 2.31. The molecule has 0 aliphatic rings. The van der Waals surface area contributed by atoms with Gasteiger partial charge in [0.15, 0.2) is 0 Å². The van der Waals surface area contributed by atoms with E-state index in [1.807, 2.05) is 26.1 Å². The second kappa shape index (κ2) is 7.01. The van der Waals surface area contributed by atoms with Crippen LogP contribution in [0.4, 0.5) is 0 Å². The molecule has 0 saturated heterocycles. The standard InChI is InChI=1S/C13H21N3O/c1-4-11(3)16-13(17)9-15-8-12-5-6-14-7-10(12)2/h5-7,11,15H,4,8-9H2,1-3H3,(H,16,17). The molecule has 0 spiro atoms. The third-order valence-electron chi connectivity index (χ3n) is 2.76. The summed E-state index contributed by atoms with van der Waals surface area (Å²) in [6.45, 7) is 7.13. The fourth-order valence-electron chi connectivity index (χ4n) is 1.44. The zero-order valence-electron chi connectivity index (χ0n) is 10.8. The maximum Gasteiger partial charge on any atom is 0.234 e. The Balaban J connectivity index is 2.29. The quantitative estimate of drug-likeness (QED) is 0.783. The van der Waals surface area contributed by atoms with Crippen molar-refractivity contribution in [3.8, 4) is 0 Å². The number of amides is 1. The van der Waals surface area contributed by atoms with E-state index in [4.69, 9.17) is 0 Å². The van der Waals surface area contributed by atoms with Crippen molar-refractivity contribution in [3.05, 3.63) is 29.6 Å². The number of hydrogen-bond donors (Lipinski definition) is 2. The van der Waals surface area contributed by atoms with Gasteiger partial charge < -0.3 is 10.6 Å². The number of aromatic nitrogens is 1. The van der Waals surface area contributed by atoms with Crippen molar-refractivity contribution in [1.82, 2.24) is 15.6 Å². The number of aryl methyl sites for hydroxylation is 1. The lowest BCUT2D eigenvalue weighted by atomic mass is 10.1. The van der Waals surface area contributed by atoms with Crippen LogP contribution in [-0.4, -0.2) is 23.5 Å². The Labute approximate surface area is 103 Å². The molecule has 2 N–H and O–H groups in total. The molecule has 4 heteroatoms. The minimum absolute atomic E-state index is 0.0473. The Morgan fingerprint density at radius 2 is 2.29 bits per heavy atom. The van der Waals surface area contributed by atoms with Crippen LogP contribution in [0.5, 0.6) is 0 Å². The van der Waals surface area contributed by atoms with Crippen LogP contribution in [0.1, 0.15) is 31.4 Å². The lowest BCUT2D eigenvalue weighted by Crippen LogP contribution is -2.38. The zero-order valence-corrected chi connectivity index (χ0v) is 10.8. The van der Waals surface area contributed by atoms with E-state index in [0.29, 0.717) is 13.1 Å². The molecule has 0 saturated carbocycles. The lowest BCUT2D eigenvalue weighted by molar-refractivity contribution is -0.120. The Hall–Kier alpha value is -1.42. The fraction of sp³-hybridized carbons (Fsp3) is 0.538. The van der Waals surface area contributed by atoms with Gasteiger partial charge >= 0.3 is 0 Å². The SMILES string of the molecule is CCC(C)NC(=O)CNCc1ccncc1C. The summed E-state index contributed by atoms with van der Waals surface area (Å²) in [4.78, 5) is 15.5. The number of nitrogens with one attached hydrogen (secondary N) is 2. The van der Waals surface area contributed by atoms with Gasteiger partial charge in [-0.1, -0.05) is 6.92 Å². The van der Waals surface area contributed by atoms with Crippen LogP contribution in [-0.2, 0) is 11.3 Å². The van der Waals surface area contributed by atoms with Crippen molar-refractivity contribution < 1.29 is 4.79 Å². The van der Waals surface area contributed by atoms with E-state index in [-0.39, 0.29) is 11.9 Å². The predicted molar refractivity (Wildman–Crippen MR) is 68.6 cm³/mol. The maximum absolute atomic E-state index is 11.5. The van der Waals surface area contributed by atoms with Crippen LogP contribution in [0, 0.1) is 6.92 Å². The van der Waals surface area contributed by atoms with E-state index in [2.05, 4.69) is 22.5 Å². The third-order valence-corrected chi connectivity index (χ3v) is 2.76. The lowest BCUT2D eigenvalue weighted by Gasteiger charge is -2.12. The molecule has 1 heterocycles. The molecule has 1 amide bonds. The monoisotopic (exact) mass is 235 g/mol. The van der Waals surface area contributed by atoms with Gasteiger partial charge in [0.2, 0.25) is 5.91 Å². The molecule has 1 rings (SSSR count). The molecule has 1 aromatic heterocycles. The summed E-state index contributed by atoms with van der Waals surface area (Å²) < 4.78 is 0. The first-order valence-corrected chi connectivity index (χ1v) is 6.03. The van der Waals surface area contributed by atoms with E-state index in [1.165, 1.54) is 5.56 Å². The summed E-state index contributed by atoms with van der Waals surface area (Å²) in [6.07, 6.45) is 4.55. The molecule has 0 bridgehead atoms. The highest BCUT2D eigenvalue weighted by Gasteiger charge is 2.05. The van der Waals surface area contributed by atoms with Gasteiger partial charge in [-0.15, -0.1) is 0 Å². The first-order valence-electron chi connectivity index (χ1n) is 6.03. The van der Waals surface area contributed by atoms with E-state index >= 15 is 0 Å².